The smallest absolute Gasteiger partial charge is 0.350 e. The summed E-state index contributed by atoms with van der Waals surface area (Å²) in [4.78, 5) is 20.3. The van der Waals surface area contributed by atoms with Crippen LogP contribution < -0.4 is 5.32 Å². The highest BCUT2D eigenvalue weighted by Crippen LogP contribution is 2.32. The molecule has 0 fully saturated rings. The largest absolute Gasteiger partial charge is 0.433 e. The van der Waals surface area contributed by atoms with E-state index in [2.05, 4.69) is 20.4 Å². The quantitative estimate of drug-likeness (QED) is 0.789. The van der Waals surface area contributed by atoms with Gasteiger partial charge in [-0.3, -0.25) is 9.78 Å². The fraction of sp³-hybridized carbons (Fsp3) is 0.250. The summed E-state index contributed by atoms with van der Waals surface area (Å²) in [5.41, 5.74) is -0.726. The van der Waals surface area contributed by atoms with Crippen LogP contribution in [0.5, 0.6) is 0 Å². The normalized spacial score (nSPS) is 11.9. The molecule has 25 heavy (non-hydrogen) atoms. The van der Waals surface area contributed by atoms with E-state index in [9.17, 15) is 18.0 Å². The number of amides is 1. The highest BCUT2D eigenvalue weighted by Gasteiger charge is 2.36. The molecule has 3 rings (SSSR count). The monoisotopic (exact) mass is 349 g/mol. The molecule has 0 unspecified atom stereocenters. The third-order valence-electron chi connectivity index (χ3n) is 3.38. The van der Waals surface area contributed by atoms with Crippen molar-refractivity contribution in [2.75, 3.05) is 0 Å². The van der Waals surface area contributed by atoms with Gasteiger partial charge in [-0.05, 0) is 32.0 Å². The predicted octanol–water partition coefficient (Wildman–Crippen LogP) is 2.95. The molecule has 130 valence electrons. The van der Waals surface area contributed by atoms with Crippen molar-refractivity contribution in [3.8, 4) is 11.3 Å². The number of fused-ring (bicyclic) bond motifs is 1. The van der Waals surface area contributed by atoms with Gasteiger partial charge >= 0.3 is 6.18 Å². The molecule has 9 heteroatoms. The van der Waals surface area contributed by atoms with Crippen molar-refractivity contribution in [3.63, 3.8) is 0 Å². The summed E-state index contributed by atoms with van der Waals surface area (Å²) in [7, 11) is 0. The Balaban J connectivity index is 2.25. The van der Waals surface area contributed by atoms with Gasteiger partial charge in [-0.2, -0.15) is 18.3 Å². The molecule has 0 aliphatic rings. The second kappa shape index (κ2) is 6.15. The number of carbonyl (C=O) groups is 1. The minimum Gasteiger partial charge on any atom is -0.350 e. The fourth-order valence-electron chi connectivity index (χ4n) is 2.33. The minimum absolute atomic E-state index is 0.0232. The molecule has 0 spiro atoms. The summed E-state index contributed by atoms with van der Waals surface area (Å²) >= 11 is 0. The first-order valence-corrected chi connectivity index (χ1v) is 7.44. The van der Waals surface area contributed by atoms with Crippen LogP contribution in [0.1, 0.15) is 29.9 Å². The average Bonchev–Trinajstić information content (AvgIpc) is 2.97. The second-order valence-electron chi connectivity index (χ2n) is 5.69. The van der Waals surface area contributed by atoms with E-state index in [0.29, 0.717) is 10.1 Å². The number of alkyl halides is 3. The number of hydrogen-bond donors (Lipinski definition) is 1. The lowest BCUT2D eigenvalue weighted by molar-refractivity contribution is -0.142. The van der Waals surface area contributed by atoms with Crippen molar-refractivity contribution in [2.24, 2.45) is 0 Å². The van der Waals surface area contributed by atoms with Gasteiger partial charge in [-0.25, -0.2) is 9.50 Å². The van der Waals surface area contributed by atoms with E-state index < -0.39 is 17.8 Å². The molecule has 0 radical (unpaired) electrons. The van der Waals surface area contributed by atoms with Crippen LogP contribution in [0.15, 0.2) is 36.8 Å². The van der Waals surface area contributed by atoms with Gasteiger partial charge in [0.25, 0.3) is 5.91 Å². The summed E-state index contributed by atoms with van der Waals surface area (Å²) in [5, 5.41) is 6.33. The van der Waals surface area contributed by atoms with Crippen molar-refractivity contribution in [2.45, 2.75) is 26.1 Å². The first-order valence-electron chi connectivity index (χ1n) is 7.44. The molecular weight excluding hydrogens is 335 g/mol. The summed E-state index contributed by atoms with van der Waals surface area (Å²) in [6.45, 7) is 3.50. The molecule has 0 aliphatic carbocycles. The Bertz CT molecular complexity index is 919. The molecule has 0 aromatic carbocycles. The molecule has 0 atom stereocenters. The van der Waals surface area contributed by atoms with Crippen molar-refractivity contribution < 1.29 is 18.0 Å². The molecule has 3 aromatic heterocycles. The molecule has 0 saturated carbocycles. The lowest BCUT2D eigenvalue weighted by Gasteiger charge is -2.12. The van der Waals surface area contributed by atoms with E-state index in [1.54, 1.807) is 26.0 Å². The molecule has 1 N–H and O–H groups in total. The number of nitrogens with one attached hydrogen (secondary N) is 1. The maximum absolute atomic E-state index is 13.4. The van der Waals surface area contributed by atoms with Crippen LogP contribution in [-0.4, -0.2) is 31.5 Å². The molecule has 1 amide bonds. The van der Waals surface area contributed by atoms with Gasteiger partial charge in [0.1, 0.15) is 5.56 Å². The van der Waals surface area contributed by atoms with E-state index in [0.717, 1.165) is 12.3 Å². The van der Waals surface area contributed by atoms with Gasteiger partial charge in [-0.1, -0.05) is 0 Å². The van der Waals surface area contributed by atoms with Gasteiger partial charge in [0.2, 0.25) is 0 Å². The molecule has 0 aliphatic heterocycles. The highest BCUT2D eigenvalue weighted by atomic mass is 19.4. The zero-order valence-corrected chi connectivity index (χ0v) is 13.4. The van der Waals surface area contributed by atoms with E-state index in [4.69, 9.17) is 0 Å². The van der Waals surface area contributed by atoms with Crippen LogP contribution in [0.2, 0.25) is 0 Å². The molecule has 0 bridgehead atoms. The Morgan fingerprint density at radius 3 is 2.64 bits per heavy atom. The third-order valence-corrected chi connectivity index (χ3v) is 3.38. The molecule has 6 nitrogen and oxygen atoms in total. The number of aromatic nitrogens is 4. The van der Waals surface area contributed by atoms with Crippen LogP contribution in [-0.2, 0) is 6.18 Å². The molecule has 0 saturated heterocycles. The number of halogens is 3. The van der Waals surface area contributed by atoms with Crippen LogP contribution in [0.4, 0.5) is 13.2 Å². The van der Waals surface area contributed by atoms with Crippen molar-refractivity contribution in [3.05, 3.63) is 48.0 Å². The summed E-state index contributed by atoms with van der Waals surface area (Å²) < 4.78 is 40.9. The topological polar surface area (TPSA) is 72.2 Å². The van der Waals surface area contributed by atoms with E-state index in [1.807, 2.05) is 0 Å². The van der Waals surface area contributed by atoms with Gasteiger partial charge in [0, 0.05) is 24.0 Å². The van der Waals surface area contributed by atoms with Gasteiger partial charge in [0.05, 0.1) is 11.9 Å². The predicted molar refractivity (Wildman–Crippen MR) is 83.8 cm³/mol. The van der Waals surface area contributed by atoms with E-state index >= 15 is 0 Å². The van der Waals surface area contributed by atoms with Gasteiger partial charge in [0.15, 0.2) is 11.3 Å². The molecule has 3 aromatic rings. The number of carbonyl (C=O) groups excluding carboxylic acids is 1. The maximum atomic E-state index is 13.4. The Morgan fingerprint density at radius 1 is 1.28 bits per heavy atom. The summed E-state index contributed by atoms with van der Waals surface area (Å²) in [5.74, 6) is -0.533. The average molecular weight is 349 g/mol. The first-order chi connectivity index (χ1) is 11.8. The summed E-state index contributed by atoms with van der Waals surface area (Å²) in [6.07, 6.45) is -0.658. The zero-order valence-electron chi connectivity index (χ0n) is 13.4. The molecular formula is C16H14F3N5O. The Labute approximate surface area is 140 Å². The lowest BCUT2D eigenvalue weighted by atomic mass is 10.1. The van der Waals surface area contributed by atoms with Crippen LogP contribution in [0.25, 0.3) is 16.9 Å². The molecule has 3 heterocycles. The summed E-state index contributed by atoms with van der Waals surface area (Å²) in [6, 6.07) is 3.90. The highest BCUT2D eigenvalue weighted by molar-refractivity contribution is 6.00. The van der Waals surface area contributed by atoms with Crippen LogP contribution in [0, 0.1) is 0 Å². The van der Waals surface area contributed by atoms with E-state index in [-0.39, 0.29) is 22.9 Å². The van der Waals surface area contributed by atoms with Crippen molar-refractivity contribution >= 4 is 11.6 Å². The van der Waals surface area contributed by atoms with Gasteiger partial charge < -0.3 is 5.32 Å². The number of rotatable bonds is 3. The van der Waals surface area contributed by atoms with Gasteiger partial charge in [-0.15, -0.1) is 0 Å². The third kappa shape index (κ3) is 3.30. The fourth-order valence-corrected chi connectivity index (χ4v) is 2.33. The Morgan fingerprint density at radius 2 is 2.04 bits per heavy atom. The second-order valence-corrected chi connectivity index (χ2v) is 5.69. The minimum atomic E-state index is -4.66. The number of hydrogen-bond acceptors (Lipinski definition) is 4. The number of pyridine rings is 1. The maximum Gasteiger partial charge on any atom is 0.433 e. The Kier molecular flexibility index (Phi) is 4.15. The lowest BCUT2D eigenvalue weighted by Crippen LogP contribution is -2.30. The SMILES string of the molecule is CC(C)NC(=O)c1cnn2c(C(F)(F)F)cc(-c3cccnc3)nc12. The first kappa shape index (κ1) is 16.9. The van der Waals surface area contributed by atoms with E-state index in [1.165, 1.54) is 12.4 Å². The number of nitrogens with zero attached hydrogens (tertiary/aromatic N) is 4. The standard InChI is InChI=1S/C16H14F3N5O/c1-9(2)22-15(25)11-8-21-24-13(16(17,18)19)6-12(23-14(11)24)10-4-3-5-20-7-10/h3-9H,1-2H3,(H,22,25). The van der Waals surface area contributed by atoms with Crippen molar-refractivity contribution in [1.29, 1.82) is 0 Å². The Hall–Kier alpha value is -2.97. The zero-order chi connectivity index (χ0) is 18.2. The van der Waals surface area contributed by atoms with Crippen LogP contribution in [0.3, 0.4) is 0 Å². The van der Waals surface area contributed by atoms with Crippen LogP contribution >= 0.6 is 0 Å². The van der Waals surface area contributed by atoms with Crippen molar-refractivity contribution in [1.82, 2.24) is 24.9 Å².